The summed E-state index contributed by atoms with van der Waals surface area (Å²) in [5.74, 6) is 0. The predicted octanol–water partition coefficient (Wildman–Crippen LogP) is 3.21. The lowest BCUT2D eigenvalue weighted by Crippen LogP contribution is -2.28. The first-order valence-electron chi connectivity index (χ1n) is 5.53. The molecule has 1 aromatic carbocycles. The number of aromatic nitrogens is 2. The van der Waals surface area contributed by atoms with Gasteiger partial charge >= 0.3 is 0 Å². The van der Waals surface area contributed by atoms with Gasteiger partial charge in [-0.15, -0.1) is 0 Å². The fourth-order valence-electron chi connectivity index (χ4n) is 1.49. The number of hydrogen-bond donors (Lipinski definition) is 2. The minimum atomic E-state index is 0.481. The summed E-state index contributed by atoms with van der Waals surface area (Å²) in [6.45, 7) is 0.553. The van der Waals surface area contributed by atoms with Gasteiger partial charge in [-0.1, -0.05) is 23.2 Å². The lowest BCUT2D eigenvalue weighted by Gasteiger charge is -2.11. The zero-order valence-electron chi connectivity index (χ0n) is 10.2. The number of anilines is 1. The third kappa shape index (κ3) is 4.09. The molecule has 0 aliphatic carbocycles. The van der Waals surface area contributed by atoms with Crippen molar-refractivity contribution >= 4 is 46.2 Å². The van der Waals surface area contributed by atoms with E-state index in [1.54, 1.807) is 22.9 Å². The Labute approximate surface area is 126 Å². The minimum absolute atomic E-state index is 0.481. The second-order valence-electron chi connectivity index (χ2n) is 3.91. The van der Waals surface area contributed by atoms with Gasteiger partial charge in [0.25, 0.3) is 0 Å². The summed E-state index contributed by atoms with van der Waals surface area (Å²) in [6.07, 6.45) is 1.88. The maximum Gasteiger partial charge on any atom is 0.171 e. The number of rotatable bonds is 3. The lowest BCUT2D eigenvalue weighted by atomic mass is 10.3. The van der Waals surface area contributed by atoms with Crippen LogP contribution in [-0.2, 0) is 13.6 Å². The molecule has 1 heterocycles. The molecule has 0 unspecified atom stereocenters. The van der Waals surface area contributed by atoms with E-state index in [1.807, 2.05) is 19.3 Å². The third-order valence-electron chi connectivity index (χ3n) is 2.38. The van der Waals surface area contributed by atoms with E-state index in [1.165, 1.54) is 0 Å². The molecular formula is C12H12Cl2N4S. The average Bonchev–Trinajstić information content (AvgIpc) is 2.76. The Kier molecular flexibility index (Phi) is 4.63. The molecule has 0 bridgehead atoms. The van der Waals surface area contributed by atoms with Gasteiger partial charge in [0.15, 0.2) is 5.11 Å². The van der Waals surface area contributed by atoms with Crippen molar-refractivity contribution in [3.63, 3.8) is 0 Å². The maximum absolute atomic E-state index is 6.04. The van der Waals surface area contributed by atoms with E-state index in [-0.39, 0.29) is 0 Å². The van der Waals surface area contributed by atoms with Gasteiger partial charge in [-0.2, -0.15) is 5.10 Å². The van der Waals surface area contributed by atoms with Crippen molar-refractivity contribution in [3.05, 3.63) is 46.2 Å². The van der Waals surface area contributed by atoms with Gasteiger partial charge < -0.3 is 10.6 Å². The zero-order valence-corrected chi connectivity index (χ0v) is 12.5. The van der Waals surface area contributed by atoms with Crippen LogP contribution in [0.25, 0.3) is 0 Å². The molecule has 2 N–H and O–H groups in total. The monoisotopic (exact) mass is 314 g/mol. The van der Waals surface area contributed by atoms with E-state index >= 15 is 0 Å². The Balaban J connectivity index is 1.90. The number of aryl methyl sites for hydroxylation is 1. The molecule has 2 rings (SSSR count). The molecule has 0 aliphatic heterocycles. The highest BCUT2D eigenvalue weighted by molar-refractivity contribution is 7.80. The van der Waals surface area contributed by atoms with Crippen LogP contribution >= 0.6 is 35.4 Å². The normalized spacial score (nSPS) is 10.3. The molecule has 19 heavy (non-hydrogen) atoms. The first kappa shape index (κ1) is 14.1. The molecular weight excluding hydrogens is 303 g/mol. The highest BCUT2D eigenvalue weighted by Crippen LogP contribution is 2.25. The number of nitrogens with zero attached hydrogens (tertiary/aromatic N) is 2. The molecule has 4 nitrogen and oxygen atoms in total. The van der Waals surface area contributed by atoms with E-state index in [4.69, 9.17) is 35.4 Å². The standard InChI is InChI=1S/C12H12Cl2N4S/c1-18-5-4-9(17-18)7-15-12(19)16-11-3-2-8(13)6-10(11)14/h2-6H,7H2,1H3,(H2,15,16,19). The molecule has 2 aromatic rings. The molecule has 0 spiro atoms. The number of halogens is 2. The smallest absolute Gasteiger partial charge is 0.171 e. The predicted molar refractivity (Wildman–Crippen MR) is 82.7 cm³/mol. The summed E-state index contributed by atoms with van der Waals surface area (Å²) >= 11 is 17.1. The van der Waals surface area contributed by atoms with Crippen molar-refractivity contribution in [2.24, 2.45) is 7.05 Å². The van der Waals surface area contributed by atoms with Crippen molar-refractivity contribution in [3.8, 4) is 0 Å². The topological polar surface area (TPSA) is 41.9 Å². The fourth-order valence-corrected chi connectivity index (χ4v) is 2.12. The Morgan fingerprint density at radius 3 is 2.79 bits per heavy atom. The Morgan fingerprint density at radius 1 is 1.37 bits per heavy atom. The third-order valence-corrected chi connectivity index (χ3v) is 3.17. The highest BCUT2D eigenvalue weighted by atomic mass is 35.5. The van der Waals surface area contributed by atoms with Crippen molar-refractivity contribution in [1.82, 2.24) is 15.1 Å². The summed E-state index contributed by atoms with van der Waals surface area (Å²) in [5, 5.41) is 11.9. The second-order valence-corrected chi connectivity index (χ2v) is 5.16. The molecule has 0 aliphatic rings. The summed E-state index contributed by atoms with van der Waals surface area (Å²) in [5.41, 5.74) is 1.62. The van der Waals surface area contributed by atoms with E-state index in [0.29, 0.717) is 27.4 Å². The van der Waals surface area contributed by atoms with Gasteiger partial charge in [-0.05, 0) is 36.5 Å². The van der Waals surface area contributed by atoms with E-state index < -0.39 is 0 Å². The van der Waals surface area contributed by atoms with Crippen LogP contribution in [-0.4, -0.2) is 14.9 Å². The Hall–Kier alpha value is -1.30. The molecule has 1 aromatic heterocycles. The van der Waals surface area contributed by atoms with Crippen LogP contribution in [0.5, 0.6) is 0 Å². The molecule has 0 radical (unpaired) electrons. The summed E-state index contributed by atoms with van der Waals surface area (Å²) in [7, 11) is 1.87. The van der Waals surface area contributed by atoms with Crippen LogP contribution < -0.4 is 10.6 Å². The second kappa shape index (κ2) is 6.23. The van der Waals surface area contributed by atoms with Gasteiger partial charge in [0.2, 0.25) is 0 Å². The average molecular weight is 315 g/mol. The fraction of sp³-hybridized carbons (Fsp3) is 0.167. The number of benzene rings is 1. The number of hydrogen-bond acceptors (Lipinski definition) is 2. The number of nitrogens with one attached hydrogen (secondary N) is 2. The van der Waals surface area contributed by atoms with Crippen LogP contribution in [0, 0.1) is 0 Å². The van der Waals surface area contributed by atoms with Crippen LogP contribution in [0.1, 0.15) is 5.69 Å². The van der Waals surface area contributed by atoms with Crippen molar-refractivity contribution in [2.75, 3.05) is 5.32 Å². The minimum Gasteiger partial charge on any atom is -0.357 e. The summed E-state index contributed by atoms with van der Waals surface area (Å²) in [6, 6.07) is 7.11. The van der Waals surface area contributed by atoms with Crippen molar-refractivity contribution in [1.29, 1.82) is 0 Å². The van der Waals surface area contributed by atoms with Gasteiger partial charge in [0, 0.05) is 18.3 Å². The highest BCUT2D eigenvalue weighted by Gasteiger charge is 2.04. The van der Waals surface area contributed by atoms with Crippen LogP contribution in [0.4, 0.5) is 5.69 Å². The first-order chi connectivity index (χ1) is 9.04. The Bertz CT molecular complexity index is 597. The van der Waals surface area contributed by atoms with E-state index in [9.17, 15) is 0 Å². The molecule has 0 amide bonds. The molecule has 0 saturated heterocycles. The van der Waals surface area contributed by atoms with Crippen molar-refractivity contribution < 1.29 is 0 Å². The van der Waals surface area contributed by atoms with E-state index in [2.05, 4.69) is 15.7 Å². The molecule has 100 valence electrons. The van der Waals surface area contributed by atoms with Crippen LogP contribution in [0.2, 0.25) is 10.0 Å². The van der Waals surface area contributed by atoms with Gasteiger partial charge in [-0.3, -0.25) is 4.68 Å². The van der Waals surface area contributed by atoms with Gasteiger partial charge in [0.05, 0.1) is 22.9 Å². The SMILES string of the molecule is Cn1ccc(CNC(=S)Nc2ccc(Cl)cc2Cl)n1. The van der Waals surface area contributed by atoms with E-state index in [0.717, 1.165) is 5.69 Å². The quantitative estimate of drug-likeness (QED) is 0.854. The van der Waals surface area contributed by atoms with Gasteiger partial charge in [0.1, 0.15) is 0 Å². The van der Waals surface area contributed by atoms with Crippen molar-refractivity contribution in [2.45, 2.75) is 6.54 Å². The summed E-state index contributed by atoms with van der Waals surface area (Å²) < 4.78 is 1.74. The zero-order chi connectivity index (χ0) is 13.8. The van der Waals surface area contributed by atoms with Gasteiger partial charge in [-0.25, -0.2) is 0 Å². The lowest BCUT2D eigenvalue weighted by molar-refractivity contribution is 0.731. The molecule has 0 saturated carbocycles. The summed E-state index contributed by atoms with van der Waals surface area (Å²) in [4.78, 5) is 0. The molecule has 0 atom stereocenters. The number of thiocarbonyl (C=S) groups is 1. The van der Waals surface area contributed by atoms with Crippen LogP contribution in [0.15, 0.2) is 30.5 Å². The largest absolute Gasteiger partial charge is 0.357 e. The molecule has 7 heteroatoms. The Morgan fingerprint density at radius 2 is 2.16 bits per heavy atom. The molecule has 0 fully saturated rings. The maximum atomic E-state index is 6.04. The van der Waals surface area contributed by atoms with Crippen LogP contribution in [0.3, 0.4) is 0 Å². The first-order valence-corrected chi connectivity index (χ1v) is 6.69.